The van der Waals surface area contributed by atoms with Crippen molar-refractivity contribution in [2.45, 2.75) is 45.1 Å². The summed E-state index contributed by atoms with van der Waals surface area (Å²) in [6, 6.07) is 0. The maximum Gasteiger partial charge on any atom is 0.225 e. The number of aryl methyl sites for hydroxylation is 2. The number of carbonyl (C=O) groups excluding carboxylic acids is 1. The molecule has 1 aromatic rings. The van der Waals surface area contributed by atoms with Crippen LogP contribution in [0.15, 0.2) is 0 Å². The van der Waals surface area contributed by atoms with Crippen LogP contribution in [-0.4, -0.2) is 28.9 Å². The predicted molar refractivity (Wildman–Crippen MR) is 75.2 cm³/mol. The number of hydrogen-bond acceptors (Lipinski definition) is 3. The molecule has 20 heavy (non-hydrogen) atoms. The van der Waals surface area contributed by atoms with E-state index in [0.717, 1.165) is 32.3 Å². The molecule has 0 radical (unpaired) electrons. The minimum atomic E-state index is 0.0211. The Hall–Kier alpha value is -1.36. The van der Waals surface area contributed by atoms with Gasteiger partial charge < -0.3 is 10.1 Å². The number of fused-ring (bicyclic) bond motifs is 1. The highest BCUT2D eigenvalue weighted by molar-refractivity contribution is 5.78. The summed E-state index contributed by atoms with van der Waals surface area (Å²) < 4.78 is 7.31. The van der Waals surface area contributed by atoms with Crippen molar-refractivity contribution < 1.29 is 9.53 Å². The van der Waals surface area contributed by atoms with Crippen LogP contribution in [0.4, 0.5) is 0 Å². The molecule has 3 rings (SSSR count). The van der Waals surface area contributed by atoms with Crippen molar-refractivity contribution in [3.63, 3.8) is 0 Å². The summed E-state index contributed by atoms with van der Waals surface area (Å²) in [6.07, 6.45) is 6.56. The molecular weight excluding hydrogens is 254 g/mol. The summed E-state index contributed by atoms with van der Waals surface area (Å²) >= 11 is 0. The minimum absolute atomic E-state index is 0.0211. The molecule has 0 bridgehead atoms. The van der Waals surface area contributed by atoms with Gasteiger partial charge in [0.05, 0.1) is 30.5 Å². The van der Waals surface area contributed by atoms with Gasteiger partial charge in [0.1, 0.15) is 0 Å². The number of ether oxygens (including phenoxy) is 1. The molecule has 0 spiro atoms. The lowest BCUT2D eigenvalue weighted by Crippen LogP contribution is -2.35. The number of aromatic nitrogens is 2. The molecule has 2 aliphatic rings. The fourth-order valence-electron chi connectivity index (χ4n) is 3.23. The van der Waals surface area contributed by atoms with E-state index in [2.05, 4.69) is 10.4 Å². The first-order valence-corrected chi connectivity index (χ1v) is 7.65. The van der Waals surface area contributed by atoms with Gasteiger partial charge in [-0.2, -0.15) is 5.10 Å². The maximum absolute atomic E-state index is 12.2. The Morgan fingerprint density at radius 3 is 3.05 bits per heavy atom. The number of hydrogen-bond donors (Lipinski definition) is 1. The lowest BCUT2D eigenvalue weighted by atomic mass is 9.95. The van der Waals surface area contributed by atoms with Gasteiger partial charge in [0, 0.05) is 13.7 Å². The second-order valence-electron chi connectivity index (χ2n) is 5.83. The first-order chi connectivity index (χ1) is 9.75. The van der Waals surface area contributed by atoms with E-state index in [0.29, 0.717) is 13.2 Å². The fourth-order valence-corrected chi connectivity index (χ4v) is 3.23. The molecule has 110 valence electrons. The van der Waals surface area contributed by atoms with E-state index in [1.54, 1.807) is 0 Å². The topological polar surface area (TPSA) is 56.2 Å². The monoisotopic (exact) mass is 277 g/mol. The van der Waals surface area contributed by atoms with Gasteiger partial charge in [-0.25, -0.2) is 0 Å². The molecule has 1 aliphatic heterocycles. The molecule has 1 amide bonds. The second-order valence-corrected chi connectivity index (χ2v) is 5.83. The highest BCUT2D eigenvalue weighted by atomic mass is 16.5. The zero-order chi connectivity index (χ0) is 13.9. The lowest BCUT2D eigenvalue weighted by Gasteiger charge is -2.21. The van der Waals surface area contributed by atoms with Gasteiger partial charge in [0.15, 0.2) is 0 Å². The van der Waals surface area contributed by atoms with Crippen molar-refractivity contribution in [1.29, 1.82) is 0 Å². The highest BCUT2D eigenvalue weighted by Gasteiger charge is 2.23. The quantitative estimate of drug-likeness (QED) is 0.907. The molecule has 1 N–H and O–H groups in total. The average Bonchev–Trinajstić information content (AvgIpc) is 2.81. The van der Waals surface area contributed by atoms with Crippen LogP contribution in [0, 0.1) is 5.92 Å². The SMILES string of the molecule is Cn1nc2c(c1CNC(=O)C1CCCOC1)CCCC2. The third-order valence-corrected chi connectivity index (χ3v) is 4.41. The van der Waals surface area contributed by atoms with E-state index < -0.39 is 0 Å². The van der Waals surface area contributed by atoms with Crippen LogP contribution in [0.1, 0.15) is 42.6 Å². The first-order valence-electron chi connectivity index (χ1n) is 7.65. The molecule has 5 nitrogen and oxygen atoms in total. The Labute approximate surface area is 119 Å². The van der Waals surface area contributed by atoms with Crippen LogP contribution in [0.2, 0.25) is 0 Å². The van der Waals surface area contributed by atoms with Crippen LogP contribution >= 0.6 is 0 Å². The molecular formula is C15H23N3O2. The summed E-state index contributed by atoms with van der Waals surface area (Å²) in [5.74, 6) is 0.142. The summed E-state index contributed by atoms with van der Waals surface area (Å²) in [5.41, 5.74) is 3.76. The number of nitrogens with zero attached hydrogens (tertiary/aromatic N) is 2. The van der Waals surface area contributed by atoms with Crippen molar-refractivity contribution in [1.82, 2.24) is 15.1 Å². The van der Waals surface area contributed by atoms with Crippen molar-refractivity contribution in [3.8, 4) is 0 Å². The second kappa shape index (κ2) is 5.95. The van der Waals surface area contributed by atoms with Gasteiger partial charge in [-0.3, -0.25) is 9.48 Å². The fraction of sp³-hybridized carbons (Fsp3) is 0.733. The molecule has 1 unspecified atom stereocenters. The van der Waals surface area contributed by atoms with E-state index in [1.165, 1.54) is 29.8 Å². The summed E-state index contributed by atoms with van der Waals surface area (Å²) in [6.45, 7) is 1.95. The van der Waals surface area contributed by atoms with Crippen molar-refractivity contribution in [3.05, 3.63) is 17.0 Å². The smallest absolute Gasteiger partial charge is 0.225 e. The van der Waals surface area contributed by atoms with E-state index in [1.807, 2.05) is 11.7 Å². The predicted octanol–water partition coefficient (Wildman–Crippen LogP) is 1.34. The molecule has 0 saturated carbocycles. The van der Waals surface area contributed by atoms with Crippen LogP contribution in [-0.2, 0) is 36.0 Å². The Morgan fingerprint density at radius 1 is 1.40 bits per heavy atom. The van der Waals surface area contributed by atoms with E-state index in [-0.39, 0.29) is 11.8 Å². The zero-order valence-corrected chi connectivity index (χ0v) is 12.2. The Balaban J connectivity index is 1.63. The van der Waals surface area contributed by atoms with Crippen molar-refractivity contribution in [2.24, 2.45) is 13.0 Å². The van der Waals surface area contributed by atoms with Gasteiger partial charge in [0.25, 0.3) is 0 Å². The van der Waals surface area contributed by atoms with E-state index >= 15 is 0 Å². The molecule has 1 fully saturated rings. The van der Waals surface area contributed by atoms with E-state index in [4.69, 9.17) is 4.74 Å². The van der Waals surface area contributed by atoms with Crippen molar-refractivity contribution in [2.75, 3.05) is 13.2 Å². The molecule has 5 heteroatoms. The number of carbonyl (C=O) groups is 1. The number of amides is 1. The Morgan fingerprint density at radius 2 is 2.25 bits per heavy atom. The van der Waals surface area contributed by atoms with Gasteiger partial charge in [-0.05, 0) is 44.1 Å². The normalized spacial score (nSPS) is 22.4. The minimum Gasteiger partial charge on any atom is -0.381 e. The molecule has 1 saturated heterocycles. The summed E-state index contributed by atoms with van der Waals surface area (Å²) in [4.78, 5) is 12.2. The molecule has 2 heterocycles. The molecule has 1 aromatic heterocycles. The molecule has 1 atom stereocenters. The van der Waals surface area contributed by atoms with Crippen LogP contribution in [0.5, 0.6) is 0 Å². The number of rotatable bonds is 3. The lowest BCUT2D eigenvalue weighted by molar-refractivity contribution is -0.129. The summed E-state index contributed by atoms with van der Waals surface area (Å²) in [7, 11) is 1.98. The van der Waals surface area contributed by atoms with Gasteiger partial charge in [0.2, 0.25) is 5.91 Å². The third-order valence-electron chi connectivity index (χ3n) is 4.41. The molecule has 1 aliphatic carbocycles. The third kappa shape index (κ3) is 2.73. The Kier molecular flexibility index (Phi) is 4.05. The summed E-state index contributed by atoms with van der Waals surface area (Å²) in [5, 5.41) is 7.65. The zero-order valence-electron chi connectivity index (χ0n) is 12.2. The van der Waals surface area contributed by atoms with Gasteiger partial charge >= 0.3 is 0 Å². The Bertz CT molecular complexity index is 490. The standard InChI is InChI=1S/C15H23N3O2/c1-18-14(12-6-2-3-7-13(12)17-18)9-16-15(19)11-5-4-8-20-10-11/h11H,2-10H2,1H3,(H,16,19). The van der Waals surface area contributed by atoms with Gasteiger partial charge in [-0.15, -0.1) is 0 Å². The van der Waals surface area contributed by atoms with E-state index in [9.17, 15) is 4.79 Å². The van der Waals surface area contributed by atoms with Crippen LogP contribution in [0.25, 0.3) is 0 Å². The van der Waals surface area contributed by atoms with Gasteiger partial charge in [-0.1, -0.05) is 0 Å². The maximum atomic E-state index is 12.2. The first kappa shape index (κ1) is 13.6. The van der Waals surface area contributed by atoms with Crippen LogP contribution in [0.3, 0.4) is 0 Å². The van der Waals surface area contributed by atoms with Crippen LogP contribution < -0.4 is 5.32 Å². The highest BCUT2D eigenvalue weighted by Crippen LogP contribution is 2.23. The number of nitrogens with one attached hydrogen (secondary N) is 1. The average molecular weight is 277 g/mol. The molecule has 0 aromatic carbocycles. The largest absolute Gasteiger partial charge is 0.381 e. The van der Waals surface area contributed by atoms with Crippen molar-refractivity contribution >= 4 is 5.91 Å².